The van der Waals surface area contributed by atoms with E-state index < -0.39 is 0 Å². The summed E-state index contributed by atoms with van der Waals surface area (Å²) >= 11 is 0. The van der Waals surface area contributed by atoms with Crippen molar-refractivity contribution < 1.29 is 0 Å². The maximum atomic E-state index is 2.61. The molecule has 0 aliphatic carbocycles. The van der Waals surface area contributed by atoms with Crippen molar-refractivity contribution in [3.05, 3.63) is 0 Å². The van der Waals surface area contributed by atoms with Crippen LogP contribution in [0.15, 0.2) is 0 Å². The average molecular weight is 155 g/mol. The van der Waals surface area contributed by atoms with E-state index in [4.69, 9.17) is 0 Å². The fourth-order valence-electron chi connectivity index (χ4n) is 2.23. The second kappa shape index (κ2) is 2.78. The van der Waals surface area contributed by atoms with Crippen molar-refractivity contribution in [2.75, 3.05) is 6.54 Å². The van der Waals surface area contributed by atoms with Crippen LogP contribution in [0.5, 0.6) is 0 Å². The molecule has 1 nitrogen and oxygen atoms in total. The quantitative estimate of drug-likeness (QED) is 0.519. The Morgan fingerprint density at radius 3 is 1.91 bits per heavy atom. The van der Waals surface area contributed by atoms with Gasteiger partial charge in [0.1, 0.15) is 0 Å². The van der Waals surface area contributed by atoms with Gasteiger partial charge in [0.2, 0.25) is 0 Å². The highest BCUT2D eigenvalue weighted by molar-refractivity contribution is 4.88. The van der Waals surface area contributed by atoms with E-state index in [1.165, 1.54) is 13.0 Å². The molecule has 0 saturated carbocycles. The number of nitrogens with zero attached hydrogens (tertiary/aromatic N) is 1. The van der Waals surface area contributed by atoms with Gasteiger partial charge >= 0.3 is 0 Å². The molecule has 1 aliphatic heterocycles. The van der Waals surface area contributed by atoms with E-state index in [1.54, 1.807) is 0 Å². The summed E-state index contributed by atoms with van der Waals surface area (Å²) in [5, 5.41) is 0. The highest BCUT2D eigenvalue weighted by Crippen LogP contribution is 2.29. The summed E-state index contributed by atoms with van der Waals surface area (Å²) in [6, 6.07) is 0.782. The Morgan fingerprint density at radius 1 is 1.18 bits per heavy atom. The number of likely N-dealkylation sites (tertiary alicyclic amines) is 1. The van der Waals surface area contributed by atoms with E-state index in [1.807, 2.05) is 0 Å². The number of rotatable bonds is 0. The Hall–Kier alpha value is -0.0400. The Kier molecular flexibility index (Phi) is 2.29. The lowest BCUT2D eigenvalue weighted by molar-refractivity contribution is 0.127. The summed E-state index contributed by atoms with van der Waals surface area (Å²) in [4.78, 5) is 2.61. The van der Waals surface area contributed by atoms with Crippen molar-refractivity contribution in [1.82, 2.24) is 4.90 Å². The van der Waals surface area contributed by atoms with Crippen molar-refractivity contribution in [1.29, 1.82) is 0 Å². The minimum absolute atomic E-state index is 0.365. The van der Waals surface area contributed by atoms with Gasteiger partial charge in [-0.25, -0.2) is 0 Å². The van der Waals surface area contributed by atoms with Gasteiger partial charge in [-0.15, -0.1) is 0 Å². The molecule has 2 atom stereocenters. The van der Waals surface area contributed by atoms with Gasteiger partial charge in [0, 0.05) is 18.1 Å². The van der Waals surface area contributed by atoms with Gasteiger partial charge in [-0.3, -0.25) is 4.90 Å². The Labute approximate surface area is 70.8 Å². The summed E-state index contributed by atoms with van der Waals surface area (Å²) < 4.78 is 0. The van der Waals surface area contributed by atoms with Gasteiger partial charge < -0.3 is 0 Å². The predicted molar refractivity (Wildman–Crippen MR) is 49.7 cm³/mol. The van der Waals surface area contributed by atoms with Gasteiger partial charge in [0.05, 0.1) is 0 Å². The molecule has 0 aromatic carbocycles. The predicted octanol–water partition coefficient (Wildman–Crippen LogP) is 2.52. The van der Waals surface area contributed by atoms with Crippen molar-refractivity contribution in [3.8, 4) is 0 Å². The van der Waals surface area contributed by atoms with Crippen LogP contribution in [0.1, 0.15) is 41.0 Å². The molecule has 0 spiro atoms. The van der Waals surface area contributed by atoms with E-state index in [0.29, 0.717) is 5.54 Å². The third-order valence-corrected chi connectivity index (χ3v) is 2.65. The van der Waals surface area contributed by atoms with Crippen molar-refractivity contribution in [3.63, 3.8) is 0 Å². The zero-order valence-electron chi connectivity index (χ0n) is 8.52. The molecule has 1 saturated heterocycles. The first-order valence-electron chi connectivity index (χ1n) is 4.68. The second-order valence-corrected chi connectivity index (χ2v) is 5.01. The second-order valence-electron chi connectivity index (χ2n) is 5.01. The molecule has 0 aromatic heterocycles. The highest BCUT2D eigenvalue weighted by Gasteiger charge is 2.33. The van der Waals surface area contributed by atoms with Gasteiger partial charge in [-0.1, -0.05) is 6.92 Å². The summed E-state index contributed by atoms with van der Waals surface area (Å²) in [6.07, 6.45) is 1.37. The average Bonchev–Trinajstić information content (AvgIpc) is 2.08. The number of hydrogen-bond acceptors (Lipinski definition) is 1. The van der Waals surface area contributed by atoms with Gasteiger partial charge in [-0.2, -0.15) is 0 Å². The van der Waals surface area contributed by atoms with Crippen LogP contribution >= 0.6 is 0 Å². The normalized spacial score (nSPS) is 34.6. The molecule has 0 N–H and O–H groups in total. The van der Waals surface area contributed by atoms with Gasteiger partial charge in [0.15, 0.2) is 0 Å². The molecule has 0 bridgehead atoms. The van der Waals surface area contributed by atoms with Crippen LogP contribution in [-0.4, -0.2) is 23.0 Å². The summed E-state index contributed by atoms with van der Waals surface area (Å²) in [7, 11) is 0. The van der Waals surface area contributed by atoms with Crippen molar-refractivity contribution in [2.24, 2.45) is 5.92 Å². The first-order chi connectivity index (χ1) is 4.91. The van der Waals surface area contributed by atoms with Crippen LogP contribution in [0.25, 0.3) is 0 Å². The zero-order chi connectivity index (χ0) is 8.65. The van der Waals surface area contributed by atoms with Crippen LogP contribution in [-0.2, 0) is 0 Å². The first kappa shape index (κ1) is 9.05. The standard InChI is InChI=1S/C10H21N/c1-8-6-9(2)11(7-8)10(3,4)5/h8-9H,6-7H2,1-5H3/t8?,9-/m1/s1. The monoisotopic (exact) mass is 155 g/mol. The van der Waals surface area contributed by atoms with Crippen LogP contribution in [0.3, 0.4) is 0 Å². The molecular weight excluding hydrogens is 134 g/mol. The molecular formula is C10H21N. The molecule has 1 rings (SSSR count). The van der Waals surface area contributed by atoms with Crippen LogP contribution in [0, 0.1) is 5.92 Å². The molecule has 1 aliphatic rings. The van der Waals surface area contributed by atoms with E-state index in [9.17, 15) is 0 Å². The maximum absolute atomic E-state index is 2.61. The zero-order valence-corrected chi connectivity index (χ0v) is 8.52. The molecule has 1 fully saturated rings. The fraction of sp³-hybridized carbons (Fsp3) is 1.00. The Morgan fingerprint density at radius 2 is 1.73 bits per heavy atom. The summed E-state index contributed by atoms with van der Waals surface area (Å²) in [5.41, 5.74) is 0.365. The molecule has 0 aromatic rings. The molecule has 1 heterocycles. The molecule has 1 unspecified atom stereocenters. The van der Waals surface area contributed by atoms with Crippen LogP contribution in [0.4, 0.5) is 0 Å². The fourth-order valence-corrected chi connectivity index (χ4v) is 2.23. The third-order valence-electron chi connectivity index (χ3n) is 2.65. The first-order valence-corrected chi connectivity index (χ1v) is 4.68. The maximum Gasteiger partial charge on any atom is 0.0127 e. The summed E-state index contributed by atoms with van der Waals surface area (Å²) in [6.45, 7) is 12.9. The Balaban J connectivity index is 2.60. The van der Waals surface area contributed by atoms with E-state index in [0.717, 1.165) is 12.0 Å². The van der Waals surface area contributed by atoms with Gasteiger partial charge in [-0.05, 0) is 40.0 Å². The van der Waals surface area contributed by atoms with Gasteiger partial charge in [0.25, 0.3) is 0 Å². The van der Waals surface area contributed by atoms with Crippen LogP contribution < -0.4 is 0 Å². The lowest BCUT2D eigenvalue weighted by atomic mass is 10.1. The summed E-state index contributed by atoms with van der Waals surface area (Å²) in [5.74, 6) is 0.893. The molecule has 1 heteroatoms. The van der Waals surface area contributed by atoms with E-state index >= 15 is 0 Å². The SMILES string of the molecule is CC1C[C@@H](C)N(C(C)(C)C)C1. The molecule has 66 valence electrons. The lowest BCUT2D eigenvalue weighted by Crippen LogP contribution is -2.43. The third kappa shape index (κ3) is 1.96. The van der Waals surface area contributed by atoms with E-state index in [-0.39, 0.29) is 0 Å². The van der Waals surface area contributed by atoms with Crippen molar-refractivity contribution >= 4 is 0 Å². The molecule has 11 heavy (non-hydrogen) atoms. The molecule has 0 radical (unpaired) electrons. The van der Waals surface area contributed by atoms with Crippen LogP contribution in [0.2, 0.25) is 0 Å². The topological polar surface area (TPSA) is 3.24 Å². The minimum Gasteiger partial charge on any atom is -0.296 e. The Bertz CT molecular complexity index is 134. The number of hydrogen-bond donors (Lipinski definition) is 0. The minimum atomic E-state index is 0.365. The molecule has 0 amide bonds. The lowest BCUT2D eigenvalue weighted by Gasteiger charge is -2.35. The smallest absolute Gasteiger partial charge is 0.0127 e. The largest absolute Gasteiger partial charge is 0.296 e. The highest BCUT2D eigenvalue weighted by atomic mass is 15.2. The van der Waals surface area contributed by atoms with E-state index in [2.05, 4.69) is 39.5 Å². The van der Waals surface area contributed by atoms with Crippen molar-refractivity contribution in [2.45, 2.75) is 52.6 Å².